The zero-order chi connectivity index (χ0) is 9.72. The van der Waals surface area contributed by atoms with Crippen LogP contribution < -0.4 is 5.73 Å². The second-order valence-corrected chi connectivity index (χ2v) is 3.13. The van der Waals surface area contributed by atoms with Crippen molar-refractivity contribution in [3.63, 3.8) is 0 Å². The van der Waals surface area contributed by atoms with Gasteiger partial charge in [0.25, 0.3) is 0 Å². The monoisotopic (exact) mass is 175 g/mol. The first-order valence-electron chi connectivity index (χ1n) is 4.14. The lowest BCUT2D eigenvalue weighted by atomic mass is 9.94. The number of carboxylic acids is 1. The van der Waals surface area contributed by atoms with Crippen molar-refractivity contribution < 1.29 is 15.0 Å². The molecule has 4 heteroatoms. The number of hydrogen-bond acceptors (Lipinski definition) is 3. The Morgan fingerprint density at radius 2 is 2.08 bits per heavy atom. The Morgan fingerprint density at radius 1 is 1.58 bits per heavy atom. The van der Waals surface area contributed by atoms with Gasteiger partial charge in [-0.2, -0.15) is 0 Å². The van der Waals surface area contributed by atoms with Gasteiger partial charge in [0.15, 0.2) is 0 Å². The van der Waals surface area contributed by atoms with E-state index >= 15 is 0 Å². The summed E-state index contributed by atoms with van der Waals surface area (Å²) >= 11 is 0. The summed E-state index contributed by atoms with van der Waals surface area (Å²) in [5.74, 6) is -0.861. The summed E-state index contributed by atoms with van der Waals surface area (Å²) in [6.07, 6.45) is -0.360. The Balaban J connectivity index is 3.91. The average molecular weight is 175 g/mol. The molecule has 0 aliphatic carbocycles. The predicted octanol–water partition coefficient (Wildman–Crippen LogP) is 0.195. The molecule has 0 unspecified atom stereocenters. The molecule has 0 heterocycles. The van der Waals surface area contributed by atoms with Crippen LogP contribution in [-0.4, -0.2) is 28.3 Å². The lowest BCUT2D eigenvalue weighted by Crippen LogP contribution is -2.41. The van der Waals surface area contributed by atoms with E-state index in [1.165, 1.54) is 0 Å². The standard InChI is InChI=1S/C8H17NO3/c1-3-5(2)8(9)6(10)4-7(11)12/h5-6,8,10H,3-4,9H2,1-2H3,(H,11,12)/t5-,6-,8+/m1/s1. The summed E-state index contributed by atoms with van der Waals surface area (Å²) in [4.78, 5) is 10.2. The van der Waals surface area contributed by atoms with Gasteiger partial charge in [0, 0.05) is 6.04 Å². The highest BCUT2D eigenvalue weighted by atomic mass is 16.4. The van der Waals surface area contributed by atoms with Crippen LogP contribution in [0.4, 0.5) is 0 Å². The molecule has 0 spiro atoms. The van der Waals surface area contributed by atoms with E-state index in [2.05, 4.69) is 0 Å². The zero-order valence-electron chi connectivity index (χ0n) is 7.53. The van der Waals surface area contributed by atoms with E-state index in [4.69, 9.17) is 10.8 Å². The molecule has 0 bridgehead atoms. The topological polar surface area (TPSA) is 83.5 Å². The van der Waals surface area contributed by atoms with Gasteiger partial charge < -0.3 is 15.9 Å². The van der Waals surface area contributed by atoms with Crippen LogP contribution in [0, 0.1) is 5.92 Å². The first kappa shape index (κ1) is 11.4. The molecular weight excluding hydrogens is 158 g/mol. The fourth-order valence-electron chi connectivity index (χ4n) is 0.966. The number of nitrogens with two attached hydrogens (primary N) is 1. The SMILES string of the molecule is CC[C@@H](C)[C@H](N)[C@H](O)CC(=O)O. The summed E-state index contributed by atoms with van der Waals surface area (Å²) in [5, 5.41) is 17.7. The molecule has 4 N–H and O–H groups in total. The molecule has 0 amide bonds. The molecular formula is C8H17NO3. The number of aliphatic hydroxyl groups is 1. The third-order valence-electron chi connectivity index (χ3n) is 2.13. The molecule has 0 saturated carbocycles. The molecule has 72 valence electrons. The highest BCUT2D eigenvalue weighted by Crippen LogP contribution is 2.10. The molecule has 0 radical (unpaired) electrons. The van der Waals surface area contributed by atoms with Crippen molar-refractivity contribution in [3.05, 3.63) is 0 Å². The number of rotatable bonds is 5. The third kappa shape index (κ3) is 3.69. The lowest BCUT2D eigenvalue weighted by Gasteiger charge is -2.22. The van der Waals surface area contributed by atoms with E-state index < -0.39 is 18.1 Å². The van der Waals surface area contributed by atoms with E-state index in [9.17, 15) is 9.90 Å². The zero-order valence-corrected chi connectivity index (χ0v) is 7.53. The highest BCUT2D eigenvalue weighted by Gasteiger charge is 2.22. The highest BCUT2D eigenvalue weighted by molar-refractivity contribution is 5.67. The first-order valence-corrected chi connectivity index (χ1v) is 4.14. The quantitative estimate of drug-likeness (QED) is 0.557. The van der Waals surface area contributed by atoms with Crippen molar-refractivity contribution in [2.24, 2.45) is 11.7 Å². The maximum absolute atomic E-state index is 10.2. The minimum absolute atomic E-state index is 0.152. The van der Waals surface area contributed by atoms with Gasteiger partial charge in [-0.3, -0.25) is 4.79 Å². The van der Waals surface area contributed by atoms with Crippen molar-refractivity contribution in [1.82, 2.24) is 0 Å². The fourth-order valence-corrected chi connectivity index (χ4v) is 0.966. The second-order valence-electron chi connectivity index (χ2n) is 3.13. The number of hydrogen-bond donors (Lipinski definition) is 3. The van der Waals surface area contributed by atoms with Crippen molar-refractivity contribution in [1.29, 1.82) is 0 Å². The second kappa shape index (κ2) is 5.11. The normalized spacial score (nSPS) is 18.3. The number of carbonyl (C=O) groups is 1. The molecule has 4 nitrogen and oxygen atoms in total. The maximum Gasteiger partial charge on any atom is 0.306 e. The number of aliphatic hydroxyl groups excluding tert-OH is 1. The summed E-state index contributed by atoms with van der Waals surface area (Å²) in [5.41, 5.74) is 5.61. The van der Waals surface area contributed by atoms with E-state index in [0.717, 1.165) is 6.42 Å². The van der Waals surface area contributed by atoms with Gasteiger partial charge in [-0.05, 0) is 5.92 Å². The van der Waals surface area contributed by atoms with Gasteiger partial charge in [-0.25, -0.2) is 0 Å². The van der Waals surface area contributed by atoms with Crippen molar-refractivity contribution >= 4 is 5.97 Å². The van der Waals surface area contributed by atoms with Crippen molar-refractivity contribution in [2.45, 2.75) is 38.8 Å². The van der Waals surface area contributed by atoms with Crippen molar-refractivity contribution in [2.75, 3.05) is 0 Å². The molecule has 3 atom stereocenters. The number of aliphatic carboxylic acids is 1. The largest absolute Gasteiger partial charge is 0.481 e. The van der Waals surface area contributed by atoms with Gasteiger partial charge in [0.1, 0.15) is 0 Å². The van der Waals surface area contributed by atoms with Gasteiger partial charge >= 0.3 is 5.97 Å². The van der Waals surface area contributed by atoms with Crippen LogP contribution in [0.1, 0.15) is 26.7 Å². The first-order chi connectivity index (χ1) is 5.49. The van der Waals surface area contributed by atoms with Gasteiger partial charge in [-0.1, -0.05) is 20.3 Å². The molecule has 0 aliphatic heterocycles. The molecule has 0 aromatic heterocycles. The average Bonchev–Trinajstić information content (AvgIpc) is 2.00. The maximum atomic E-state index is 10.2. The Kier molecular flexibility index (Phi) is 4.85. The van der Waals surface area contributed by atoms with Crippen LogP contribution >= 0.6 is 0 Å². The molecule has 0 aromatic rings. The Bertz CT molecular complexity index is 149. The molecule has 0 rings (SSSR count). The Morgan fingerprint density at radius 3 is 2.42 bits per heavy atom. The van der Waals surface area contributed by atoms with Crippen molar-refractivity contribution in [3.8, 4) is 0 Å². The van der Waals surface area contributed by atoms with Gasteiger partial charge in [-0.15, -0.1) is 0 Å². The lowest BCUT2D eigenvalue weighted by molar-refractivity contribution is -0.139. The van der Waals surface area contributed by atoms with E-state index in [-0.39, 0.29) is 12.3 Å². The van der Waals surface area contributed by atoms with Crippen LogP contribution in [0.2, 0.25) is 0 Å². The van der Waals surface area contributed by atoms with Crippen LogP contribution in [0.25, 0.3) is 0 Å². The van der Waals surface area contributed by atoms with Crippen LogP contribution in [0.5, 0.6) is 0 Å². The van der Waals surface area contributed by atoms with Crippen LogP contribution in [0.15, 0.2) is 0 Å². The molecule has 0 saturated heterocycles. The summed E-state index contributed by atoms with van der Waals surface area (Å²) in [7, 11) is 0. The minimum atomic E-state index is -1.01. The Labute approximate surface area is 72.4 Å². The molecule has 0 aliphatic rings. The predicted molar refractivity (Wildman–Crippen MR) is 45.7 cm³/mol. The molecule has 12 heavy (non-hydrogen) atoms. The summed E-state index contributed by atoms with van der Waals surface area (Å²) in [6.45, 7) is 3.85. The van der Waals surface area contributed by atoms with Crippen LogP contribution in [0.3, 0.4) is 0 Å². The number of carboxylic acid groups (broad SMARTS) is 1. The fraction of sp³-hybridized carbons (Fsp3) is 0.875. The summed E-state index contributed by atoms with van der Waals surface area (Å²) < 4.78 is 0. The van der Waals surface area contributed by atoms with E-state index in [0.29, 0.717) is 0 Å². The van der Waals surface area contributed by atoms with Gasteiger partial charge in [0.05, 0.1) is 12.5 Å². The van der Waals surface area contributed by atoms with E-state index in [1.54, 1.807) is 0 Å². The third-order valence-corrected chi connectivity index (χ3v) is 2.13. The van der Waals surface area contributed by atoms with Gasteiger partial charge in [0.2, 0.25) is 0 Å². The van der Waals surface area contributed by atoms with E-state index in [1.807, 2.05) is 13.8 Å². The summed E-state index contributed by atoms with van der Waals surface area (Å²) in [6, 6.07) is -0.439. The molecule has 0 fully saturated rings. The van der Waals surface area contributed by atoms with Crippen LogP contribution in [-0.2, 0) is 4.79 Å². The molecule has 0 aromatic carbocycles. The smallest absolute Gasteiger partial charge is 0.306 e. The Hall–Kier alpha value is -0.610. The minimum Gasteiger partial charge on any atom is -0.481 e.